The number of carbonyl (C=O) groups excluding carboxylic acids is 2. The summed E-state index contributed by atoms with van der Waals surface area (Å²) in [5.74, 6) is -0.629. The average molecular weight is 474 g/mol. The molecule has 2 aromatic carbocycles. The molecular weight excluding hydrogens is 454 g/mol. The standard InChI is InChI=1S/C20H20BrN5O2S/c1-12-7-8-17(16(21)9-12)23-20(28)19-13(2)26(25-24-19)11-18(27)22-14-5-4-6-15(10-14)29-3/h4-10H,11H2,1-3H3,(H,22,27)(H,23,28). The van der Waals surface area contributed by atoms with Gasteiger partial charge in [0.15, 0.2) is 5.69 Å². The molecule has 150 valence electrons. The number of halogens is 1. The van der Waals surface area contributed by atoms with Crippen LogP contribution in [-0.2, 0) is 11.3 Å². The average Bonchev–Trinajstić information content (AvgIpc) is 3.04. The van der Waals surface area contributed by atoms with Crippen molar-refractivity contribution in [3.05, 3.63) is 63.9 Å². The summed E-state index contributed by atoms with van der Waals surface area (Å²) in [5, 5.41) is 13.6. The lowest BCUT2D eigenvalue weighted by molar-refractivity contribution is -0.117. The van der Waals surface area contributed by atoms with Gasteiger partial charge in [-0.05, 0) is 71.9 Å². The van der Waals surface area contributed by atoms with Crippen molar-refractivity contribution < 1.29 is 9.59 Å². The molecule has 0 aliphatic rings. The normalized spacial score (nSPS) is 10.6. The number of thioether (sulfide) groups is 1. The summed E-state index contributed by atoms with van der Waals surface area (Å²) < 4.78 is 2.19. The number of hydrogen-bond donors (Lipinski definition) is 2. The third kappa shape index (κ3) is 5.24. The van der Waals surface area contributed by atoms with E-state index in [1.54, 1.807) is 18.7 Å². The van der Waals surface area contributed by atoms with Crippen LogP contribution in [0.2, 0.25) is 0 Å². The third-order valence-corrected chi connectivity index (χ3v) is 5.60. The molecule has 0 saturated carbocycles. The van der Waals surface area contributed by atoms with Gasteiger partial charge in [0.1, 0.15) is 6.54 Å². The van der Waals surface area contributed by atoms with E-state index in [-0.39, 0.29) is 24.1 Å². The van der Waals surface area contributed by atoms with Crippen LogP contribution in [0.15, 0.2) is 51.8 Å². The van der Waals surface area contributed by atoms with Crippen molar-refractivity contribution >= 4 is 50.9 Å². The molecule has 3 aromatic rings. The maximum Gasteiger partial charge on any atom is 0.278 e. The molecule has 0 saturated heterocycles. The summed E-state index contributed by atoms with van der Waals surface area (Å²) in [4.78, 5) is 26.0. The van der Waals surface area contributed by atoms with Crippen molar-refractivity contribution in [2.24, 2.45) is 0 Å². The van der Waals surface area contributed by atoms with E-state index < -0.39 is 0 Å². The van der Waals surface area contributed by atoms with Gasteiger partial charge < -0.3 is 10.6 Å². The summed E-state index contributed by atoms with van der Waals surface area (Å²) in [5.41, 5.74) is 3.11. The van der Waals surface area contributed by atoms with Gasteiger partial charge in [0.2, 0.25) is 5.91 Å². The lowest BCUT2D eigenvalue weighted by Gasteiger charge is -2.08. The van der Waals surface area contributed by atoms with Crippen LogP contribution in [0.25, 0.3) is 0 Å². The zero-order valence-corrected chi connectivity index (χ0v) is 18.6. The first kappa shape index (κ1) is 21.1. The fourth-order valence-corrected chi connectivity index (χ4v) is 3.71. The van der Waals surface area contributed by atoms with Crippen LogP contribution < -0.4 is 10.6 Å². The van der Waals surface area contributed by atoms with Gasteiger partial charge in [-0.3, -0.25) is 9.59 Å². The van der Waals surface area contributed by atoms with Crippen molar-refractivity contribution in [1.29, 1.82) is 0 Å². The number of nitrogens with one attached hydrogen (secondary N) is 2. The Balaban J connectivity index is 1.68. The Kier molecular flexibility index (Phi) is 6.71. The predicted molar refractivity (Wildman–Crippen MR) is 118 cm³/mol. The first-order valence-corrected chi connectivity index (χ1v) is 10.8. The number of anilines is 2. The maximum atomic E-state index is 12.6. The maximum absolute atomic E-state index is 12.6. The zero-order valence-electron chi connectivity index (χ0n) is 16.2. The summed E-state index contributed by atoms with van der Waals surface area (Å²) in [7, 11) is 0. The monoisotopic (exact) mass is 473 g/mol. The number of benzene rings is 2. The van der Waals surface area contributed by atoms with Crippen LogP contribution in [-0.4, -0.2) is 33.1 Å². The van der Waals surface area contributed by atoms with Crippen molar-refractivity contribution in [2.75, 3.05) is 16.9 Å². The van der Waals surface area contributed by atoms with Gasteiger partial charge in [0, 0.05) is 15.1 Å². The lowest BCUT2D eigenvalue weighted by Crippen LogP contribution is -2.21. The molecule has 9 heteroatoms. The predicted octanol–water partition coefficient (Wildman–Crippen LogP) is 4.27. The fraction of sp³-hybridized carbons (Fsp3) is 0.200. The molecule has 0 atom stereocenters. The van der Waals surface area contributed by atoms with Gasteiger partial charge >= 0.3 is 0 Å². The molecule has 0 radical (unpaired) electrons. The summed E-state index contributed by atoms with van der Waals surface area (Å²) in [6.45, 7) is 3.64. The van der Waals surface area contributed by atoms with Gasteiger partial charge in [-0.1, -0.05) is 17.3 Å². The minimum atomic E-state index is -0.383. The first-order chi connectivity index (χ1) is 13.9. The van der Waals surface area contributed by atoms with E-state index in [1.165, 1.54) is 4.68 Å². The molecule has 0 aliphatic carbocycles. The van der Waals surface area contributed by atoms with Crippen LogP contribution >= 0.6 is 27.7 Å². The van der Waals surface area contributed by atoms with E-state index in [0.717, 1.165) is 14.9 Å². The molecule has 2 N–H and O–H groups in total. The SMILES string of the molecule is CSc1cccc(NC(=O)Cn2nnc(C(=O)Nc3ccc(C)cc3Br)c2C)c1. The second-order valence-electron chi connectivity index (χ2n) is 6.40. The second kappa shape index (κ2) is 9.23. The minimum Gasteiger partial charge on any atom is -0.324 e. The zero-order chi connectivity index (χ0) is 21.0. The smallest absolute Gasteiger partial charge is 0.278 e. The van der Waals surface area contributed by atoms with Gasteiger partial charge in [-0.15, -0.1) is 16.9 Å². The number of amides is 2. The Morgan fingerprint density at radius 2 is 1.93 bits per heavy atom. The van der Waals surface area contributed by atoms with Crippen LogP contribution in [0.4, 0.5) is 11.4 Å². The summed E-state index contributed by atoms with van der Waals surface area (Å²) >= 11 is 5.03. The molecule has 0 spiro atoms. The van der Waals surface area contributed by atoms with E-state index in [0.29, 0.717) is 17.1 Å². The van der Waals surface area contributed by atoms with Crippen molar-refractivity contribution in [3.63, 3.8) is 0 Å². The highest BCUT2D eigenvalue weighted by Gasteiger charge is 2.19. The topological polar surface area (TPSA) is 88.9 Å². The van der Waals surface area contributed by atoms with Gasteiger partial charge in [-0.2, -0.15) is 0 Å². The quantitative estimate of drug-likeness (QED) is 0.521. The molecular formula is C20H20BrN5O2S. The minimum absolute atomic E-state index is 0.0379. The fourth-order valence-electron chi connectivity index (χ4n) is 2.66. The number of aryl methyl sites for hydroxylation is 1. The summed E-state index contributed by atoms with van der Waals surface area (Å²) in [6, 6.07) is 13.2. The molecule has 1 aromatic heterocycles. The van der Waals surface area contributed by atoms with Crippen molar-refractivity contribution in [3.8, 4) is 0 Å². The summed E-state index contributed by atoms with van der Waals surface area (Å²) in [6.07, 6.45) is 1.97. The van der Waals surface area contributed by atoms with E-state index in [1.807, 2.05) is 55.6 Å². The highest BCUT2D eigenvalue weighted by Crippen LogP contribution is 2.24. The van der Waals surface area contributed by atoms with E-state index in [9.17, 15) is 9.59 Å². The van der Waals surface area contributed by atoms with Gasteiger partial charge in [0.05, 0.1) is 11.4 Å². The molecule has 0 fully saturated rings. The van der Waals surface area contributed by atoms with Gasteiger partial charge in [-0.25, -0.2) is 4.68 Å². The number of hydrogen-bond acceptors (Lipinski definition) is 5. The van der Waals surface area contributed by atoms with E-state index >= 15 is 0 Å². The molecule has 0 aliphatic heterocycles. The van der Waals surface area contributed by atoms with Crippen LogP contribution in [0, 0.1) is 13.8 Å². The lowest BCUT2D eigenvalue weighted by atomic mass is 10.2. The Morgan fingerprint density at radius 1 is 1.14 bits per heavy atom. The van der Waals surface area contributed by atoms with E-state index in [2.05, 4.69) is 36.9 Å². The number of aromatic nitrogens is 3. The third-order valence-electron chi connectivity index (χ3n) is 4.22. The first-order valence-electron chi connectivity index (χ1n) is 8.79. The second-order valence-corrected chi connectivity index (χ2v) is 8.13. The Morgan fingerprint density at radius 3 is 2.66 bits per heavy atom. The van der Waals surface area contributed by atoms with Crippen LogP contribution in [0.5, 0.6) is 0 Å². The van der Waals surface area contributed by atoms with Gasteiger partial charge in [0.25, 0.3) is 5.91 Å². The van der Waals surface area contributed by atoms with E-state index in [4.69, 9.17) is 0 Å². The van der Waals surface area contributed by atoms with Crippen LogP contribution in [0.3, 0.4) is 0 Å². The number of carbonyl (C=O) groups is 2. The molecule has 7 nitrogen and oxygen atoms in total. The Hall–Kier alpha value is -2.65. The highest BCUT2D eigenvalue weighted by molar-refractivity contribution is 9.10. The molecule has 2 amide bonds. The highest BCUT2D eigenvalue weighted by atomic mass is 79.9. The van der Waals surface area contributed by atoms with Crippen molar-refractivity contribution in [1.82, 2.24) is 15.0 Å². The number of rotatable bonds is 6. The molecule has 29 heavy (non-hydrogen) atoms. The molecule has 0 bridgehead atoms. The molecule has 3 rings (SSSR count). The Bertz CT molecular complexity index is 1070. The molecule has 1 heterocycles. The van der Waals surface area contributed by atoms with Crippen molar-refractivity contribution in [2.45, 2.75) is 25.3 Å². The number of nitrogens with zero attached hydrogens (tertiary/aromatic N) is 3. The molecule has 0 unspecified atom stereocenters. The largest absolute Gasteiger partial charge is 0.324 e. The van der Waals surface area contributed by atoms with Crippen LogP contribution in [0.1, 0.15) is 21.7 Å². The Labute approximate surface area is 181 Å².